The molecule has 0 amide bonds. The Hall–Kier alpha value is -11.1. The molecule has 5 aromatic carbocycles. The average molecular weight is 1210 g/mol. The summed E-state index contributed by atoms with van der Waals surface area (Å²) in [6.07, 6.45) is 16.6. The SMILES string of the molecule is C(#Cc1ccncc1)c1ccncc1.C(#Cc1ccncc1)c1ccncc1.CC#N.CCCC1c2cc(c(O)c(O)c2O)C(CCC)c2cc(c(O)c(O)c2O)C(CCC)c2cc(c(O)c(O)c2O)C(CCC)c2cc1c(O)c(O)c2O.Cc1ccccc1. The molecule has 10 rings (SSSR count). The fourth-order valence-corrected chi connectivity index (χ4v) is 10.5. The Morgan fingerprint density at radius 2 is 0.489 bits per heavy atom. The standard InChI is InChI=1S/C40H48O12.2C12H8N2.C7H8.C2H3N/c1-5-9-17-21-13-23(31(43)37(49)29(21)41)18(10-6-2)25-15-27(35(47)39(51)33(25)45)20(12-8-4)28-16-26(34(46)40(52)36(28)48)19(11-7-3)24-14-22(17)30(42)38(50)32(24)44;2*1(11-3-7-13-8-4-11)2-12-5-9-14-10-6-12;1-7-5-3-2-4-6-7;1-2-3/h13-20,41-52H,5-12H2,1-4H3;2*3-10H;2-6H,1H3;1H3. The summed E-state index contributed by atoms with van der Waals surface area (Å²) >= 11 is 0. The van der Waals surface area contributed by atoms with Crippen LogP contribution in [0.2, 0.25) is 0 Å². The lowest BCUT2D eigenvalue weighted by Gasteiger charge is -2.29. The zero-order valence-corrected chi connectivity index (χ0v) is 51.0. The lowest BCUT2D eigenvalue weighted by molar-refractivity contribution is 0.348. The predicted octanol–water partition coefficient (Wildman–Crippen LogP) is 14.5. The molecule has 1 aliphatic carbocycles. The van der Waals surface area contributed by atoms with Gasteiger partial charge in [-0.15, -0.1) is 0 Å². The number of hydrogen-bond donors (Lipinski definition) is 12. The molecule has 8 bridgehead atoms. The molecule has 90 heavy (non-hydrogen) atoms. The van der Waals surface area contributed by atoms with Crippen LogP contribution in [0.5, 0.6) is 69.0 Å². The number of benzene rings is 5. The highest BCUT2D eigenvalue weighted by Crippen LogP contribution is 2.58. The highest BCUT2D eigenvalue weighted by molar-refractivity contribution is 5.70. The third-order valence-electron chi connectivity index (χ3n) is 14.9. The average Bonchev–Trinajstić information content (AvgIpc) is 0.773. The number of aromatic nitrogens is 4. The van der Waals surface area contributed by atoms with Crippen molar-refractivity contribution in [2.24, 2.45) is 0 Å². The van der Waals surface area contributed by atoms with Gasteiger partial charge >= 0.3 is 0 Å². The van der Waals surface area contributed by atoms with Crippen LogP contribution in [0.3, 0.4) is 0 Å². The van der Waals surface area contributed by atoms with E-state index >= 15 is 0 Å². The molecule has 4 heterocycles. The number of fused-ring (bicyclic) bond motifs is 8. The van der Waals surface area contributed by atoms with Crippen molar-refractivity contribution in [3.05, 3.63) is 225 Å². The monoisotopic (exact) mass is 1210 g/mol. The van der Waals surface area contributed by atoms with Crippen molar-refractivity contribution in [2.75, 3.05) is 0 Å². The molecule has 0 unspecified atom stereocenters. The van der Waals surface area contributed by atoms with E-state index in [9.17, 15) is 61.3 Å². The van der Waals surface area contributed by atoms with Gasteiger partial charge in [0.05, 0.1) is 6.07 Å². The van der Waals surface area contributed by atoms with Crippen molar-refractivity contribution in [2.45, 2.75) is 117 Å². The lowest BCUT2D eigenvalue weighted by Crippen LogP contribution is -2.11. The minimum Gasteiger partial charge on any atom is -0.504 e. The van der Waals surface area contributed by atoms with Gasteiger partial charge in [-0.05, 0) is 105 Å². The van der Waals surface area contributed by atoms with Crippen LogP contribution in [0.25, 0.3) is 0 Å². The van der Waals surface area contributed by atoms with Gasteiger partial charge in [0.2, 0.25) is 23.0 Å². The number of phenolic OH excluding ortho intramolecular Hbond substituents is 12. The molecule has 0 aliphatic heterocycles. The second kappa shape index (κ2) is 33.1. The van der Waals surface area contributed by atoms with E-state index in [0.29, 0.717) is 25.7 Å². The van der Waals surface area contributed by atoms with Crippen molar-refractivity contribution in [3.8, 4) is 98.7 Å². The van der Waals surface area contributed by atoms with Gasteiger partial charge in [0.25, 0.3) is 0 Å². The Morgan fingerprint density at radius 3 is 0.633 bits per heavy atom. The topological polar surface area (TPSA) is 318 Å². The summed E-state index contributed by atoms with van der Waals surface area (Å²) < 4.78 is 0. The quantitative estimate of drug-likeness (QED) is 0.0497. The Balaban J connectivity index is 0.000000268. The number of nitrogens with zero attached hydrogens (tertiary/aromatic N) is 5. The van der Waals surface area contributed by atoms with Gasteiger partial charge in [-0.2, -0.15) is 5.26 Å². The minimum absolute atomic E-state index is 0.0395. The minimum atomic E-state index is -0.971. The Kier molecular flexibility index (Phi) is 25.1. The highest BCUT2D eigenvalue weighted by atomic mass is 16.3. The summed E-state index contributed by atoms with van der Waals surface area (Å²) in [6, 6.07) is 32.8. The maximum absolute atomic E-state index is 11.4. The van der Waals surface area contributed by atoms with Gasteiger partial charge in [-0.25, -0.2) is 0 Å². The molecule has 464 valence electrons. The van der Waals surface area contributed by atoms with Crippen LogP contribution >= 0.6 is 0 Å². The van der Waals surface area contributed by atoms with E-state index in [4.69, 9.17) is 5.26 Å². The first kappa shape index (κ1) is 68.0. The van der Waals surface area contributed by atoms with Gasteiger partial charge < -0.3 is 61.3 Å². The van der Waals surface area contributed by atoms with Crippen LogP contribution in [-0.4, -0.2) is 81.2 Å². The van der Waals surface area contributed by atoms with E-state index < -0.39 is 92.7 Å². The smallest absolute Gasteiger partial charge is 0.200 e. The van der Waals surface area contributed by atoms with Crippen molar-refractivity contribution in [1.82, 2.24) is 19.9 Å². The number of hydrogen-bond acceptors (Lipinski definition) is 17. The molecule has 17 heteroatoms. The van der Waals surface area contributed by atoms with Crippen molar-refractivity contribution in [3.63, 3.8) is 0 Å². The van der Waals surface area contributed by atoms with Crippen molar-refractivity contribution >= 4 is 0 Å². The number of phenols is 12. The summed E-state index contributed by atoms with van der Waals surface area (Å²) in [6.45, 7) is 10.8. The third kappa shape index (κ3) is 16.7. The lowest BCUT2D eigenvalue weighted by atomic mass is 9.76. The van der Waals surface area contributed by atoms with E-state index in [2.05, 4.69) is 62.7 Å². The second-order valence-electron chi connectivity index (χ2n) is 21.1. The Morgan fingerprint density at radius 1 is 0.311 bits per heavy atom. The fourth-order valence-electron chi connectivity index (χ4n) is 10.5. The normalized spacial score (nSPS) is 14.1. The maximum Gasteiger partial charge on any atom is 0.200 e. The molecule has 12 N–H and O–H groups in total. The van der Waals surface area contributed by atoms with E-state index in [1.807, 2.05) is 94.4 Å². The summed E-state index contributed by atoms with van der Waals surface area (Å²) in [5, 5.41) is 143. The zero-order valence-electron chi connectivity index (χ0n) is 51.0. The van der Waals surface area contributed by atoms with Gasteiger partial charge in [-0.3, -0.25) is 19.9 Å². The van der Waals surface area contributed by atoms with Gasteiger partial charge in [0, 0.05) is 147 Å². The van der Waals surface area contributed by atoms with E-state index in [1.54, 1.807) is 55.6 Å². The van der Waals surface area contributed by atoms with Gasteiger partial charge in [0.1, 0.15) is 0 Å². The van der Waals surface area contributed by atoms with Crippen LogP contribution in [0.4, 0.5) is 0 Å². The molecular weight excluding hydrogens is 1140 g/mol. The fraction of sp³-hybridized carbons (Fsp3) is 0.247. The third-order valence-corrected chi connectivity index (χ3v) is 14.9. The van der Waals surface area contributed by atoms with Crippen LogP contribution < -0.4 is 0 Å². The molecule has 1 aliphatic rings. The molecule has 0 radical (unpaired) electrons. The largest absolute Gasteiger partial charge is 0.504 e. The molecule has 17 nitrogen and oxygen atoms in total. The first-order valence-electron chi connectivity index (χ1n) is 29.4. The first-order valence-corrected chi connectivity index (χ1v) is 29.4. The summed E-state index contributed by atoms with van der Waals surface area (Å²) in [5.74, 6) is -0.884. The van der Waals surface area contributed by atoms with E-state index in [0.717, 1.165) is 22.3 Å². The van der Waals surface area contributed by atoms with E-state index in [-0.39, 0.29) is 70.2 Å². The molecule has 0 saturated heterocycles. The highest BCUT2D eigenvalue weighted by Gasteiger charge is 2.37. The summed E-state index contributed by atoms with van der Waals surface area (Å²) in [5.41, 5.74) is 5.52. The Bertz CT molecular complexity index is 3420. The zero-order chi connectivity index (χ0) is 65.4. The van der Waals surface area contributed by atoms with Crippen LogP contribution in [-0.2, 0) is 0 Å². The van der Waals surface area contributed by atoms with Crippen molar-refractivity contribution in [1.29, 1.82) is 5.26 Å². The molecule has 0 saturated carbocycles. The molecular formula is C73H75N5O12. The molecule has 0 spiro atoms. The molecule has 4 aromatic heterocycles. The van der Waals surface area contributed by atoms with Crippen molar-refractivity contribution < 1.29 is 61.3 Å². The predicted molar refractivity (Wildman–Crippen MR) is 344 cm³/mol. The van der Waals surface area contributed by atoms with Crippen LogP contribution in [0, 0.1) is 41.9 Å². The number of aryl methyl sites for hydroxylation is 1. The van der Waals surface area contributed by atoms with Crippen LogP contribution in [0.15, 0.2) is 153 Å². The number of nitriles is 1. The molecule has 0 atom stereocenters. The molecule has 9 aromatic rings. The van der Waals surface area contributed by atoms with Crippen LogP contribution in [0.1, 0.15) is 182 Å². The first-order chi connectivity index (χ1) is 43.4. The summed E-state index contributed by atoms with van der Waals surface area (Å²) in [4.78, 5) is 15.7. The number of aromatic hydroxyl groups is 12. The number of pyridine rings is 4. The summed E-state index contributed by atoms with van der Waals surface area (Å²) in [7, 11) is 0. The number of rotatable bonds is 8. The Labute approximate surface area is 524 Å². The molecule has 0 fully saturated rings. The van der Waals surface area contributed by atoms with E-state index in [1.165, 1.54) is 36.8 Å². The van der Waals surface area contributed by atoms with Gasteiger partial charge in [0.15, 0.2) is 46.0 Å². The van der Waals surface area contributed by atoms with Gasteiger partial charge in [-0.1, -0.05) is 113 Å². The second-order valence-corrected chi connectivity index (χ2v) is 21.1. The maximum atomic E-state index is 11.4.